The molecule has 1 heterocycles. The van der Waals surface area contributed by atoms with E-state index in [9.17, 15) is 4.79 Å². The molecule has 0 saturated carbocycles. The van der Waals surface area contributed by atoms with Crippen LogP contribution in [0.15, 0.2) is 0 Å². The lowest BCUT2D eigenvalue weighted by Gasteiger charge is -2.42. The van der Waals surface area contributed by atoms with Gasteiger partial charge in [0.2, 0.25) is 5.91 Å². The fourth-order valence-corrected chi connectivity index (χ4v) is 2.55. The molecule has 0 aromatic rings. The van der Waals surface area contributed by atoms with E-state index in [2.05, 4.69) is 20.1 Å². The first-order valence-electron chi connectivity index (χ1n) is 5.99. The predicted molar refractivity (Wildman–Crippen MR) is 77.8 cm³/mol. The Kier molecular flexibility index (Phi) is 7.52. The summed E-state index contributed by atoms with van der Waals surface area (Å²) in [4.78, 5) is 13.9. The number of thioether (sulfide) groups is 1. The minimum absolute atomic E-state index is 0. The van der Waals surface area contributed by atoms with Crippen LogP contribution in [0.3, 0.4) is 0 Å². The molecule has 1 unspecified atom stereocenters. The lowest BCUT2D eigenvalue weighted by Crippen LogP contribution is -2.53. The third kappa shape index (κ3) is 5.06. The highest BCUT2D eigenvalue weighted by Crippen LogP contribution is 2.28. The average molecular weight is 281 g/mol. The van der Waals surface area contributed by atoms with E-state index >= 15 is 0 Å². The zero-order valence-electron chi connectivity index (χ0n) is 11.1. The monoisotopic (exact) mass is 280 g/mol. The van der Waals surface area contributed by atoms with Crippen LogP contribution in [0.1, 0.15) is 33.1 Å². The van der Waals surface area contributed by atoms with Crippen LogP contribution in [0.2, 0.25) is 0 Å². The summed E-state index contributed by atoms with van der Waals surface area (Å²) in [5, 5.41) is 0. The van der Waals surface area contributed by atoms with Gasteiger partial charge in [-0.3, -0.25) is 4.79 Å². The molecule has 5 heteroatoms. The number of piperidine rings is 1. The minimum atomic E-state index is 0. The summed E-state index contributed by atoms with van der Waals surface area (Å²) in [5.74, 6) is 1.37. The summed E-state index contributed by atoms with van der Waals surface area (Å²) in [6.45, 7) is 5.95. The van der Waals surface area contributed by atoms with E-state index in [4.69, 9.17) is 5.73 Å². The summed E-state index contributed by atoms with van der Waals surface area (Å²) in [6, 6.07) is 0.225. The Morgan fingerprint density at radius 3 is 2.71 bits per heavy atom. The normalized spacial score (nSPS) is 23.1. The number of likely N-dealkylation sites (tertiary alicyclic amines) is 1. The maximum Gasteiger partial charge on any atom is 0.222 e. The fourth-order valence-electron chi connectivity index (χ4n) is 2.11. The van der Waals surface area contributed by atoms with E-state index in [1.165, 1.54) is 0 Å². The van der Waals surface area contributed by atoms with E-state index in [0.29, 0.717) is 12.3 Å². The zero-order chi connectivity index (χ0) is 12.2. The molecule has 1 amide bonds. The molecule has 2 N–H and O–H groups in total. The fraction of sp³-hybridized carbons (Fsp3) is 0.917. The van der Waals surface area contributed by atoms with Gasteiger partial charge in [-0.05, 0) is 30.3 Å². The van der Waals surface area contributed by atoms with Crippen molar-refractivity contribution in [3.63, 3.8) is 0 Å². The first-order valence-corrected chi connectivity index (χ1v) is 7.39. The second-order valence-electron chi connectivity index (χ2n) is 5.30. The van der Waals surface area contributed by atoms with Gasteiger partial charge in [0, 0.05) is 25.6 Å². The van der Waals surface area contributed by atoms with Crippen molar-refractivity contribution in [3.8, 4) is 0 Å². The van der Waals surface area contributed by atoms with Gasteiger partial charge in [0.05, 0.1) is 0 Å². The first kappa shape index (κ1) is 17.1. The second kappa shape index (κ2) is 7.49. The van der Waals surface area contributed by atoms with Gasteiger partial charge in [-0.25, -0.2) is 0 Å². The lowest BCUT2D eigenvalue weighted by molar-refractivity contribution is -0.134. The Bertz CT molecular complexity index is 249. The molecule has 1 aliphatic heterocycles. The molecule has 3 nitrogen and oxygen atoms in total. The highest BCUT2D eigenvalue weighted by atomic mass is 35.5. The number of carbonyl (C=O) groups is 1. The average Bonchev–Trinajstić information content (AvgIpc) is 2.22. The third-order valence-corrected chi connectivity index (χ3v) is 4.10. The molecule has 17 heavy (non-hydrogen) atoms. The largest absolute Gasteiger partial charge is 0.342 e. The van der Waals surface area contributed by atoms with Crippen LogP contribution in [0.5, 0.6) is 0 Å². The van der Waals surface area contributed by atoms with Crippen molar-refractivity contribution in [2.24, 2.45) is 11.1 Å². The number of hydrogen-bond acceptors (Lipinski definition) is 3. The highest BCUT2D eigenvalue weighted by Gasteiger charge is 2.34. The van der Waals surface area contributed by atoms with Crippen molar-refractivity contribution in [1.29, 1.82) is 0 Å². The van der Waals surface area contributed by atoms with E-state index in [1.54, 1.807) is 11.8 Å². The van der Waals surface area contributed by atoms with Crippen molar-refractivity contribution < 1.29 is 4.79 Å². The summed E-state index contributed by atoms with van der Waals surface area (Å²) >= 11 is 1.80. The topological polar surface area (TPSA) is 46.3 Å². The van der Waals surface area contributed by atoms with Gasteiger partial charge in [-0.1, -0.05) is 13.8 Å². The van der Waals surface area contributed by atoms with Crippen LogP contribution in [0.25, 0.3) is 0 Å². The Hall–Kier alpha value is 0.0700. The number of nitrogens with zero attached hydrogens (tertiary/aromatic N) is 1. The first-order chi connectivity index (χ1) is 7.47. The summed E-state index contributed by atoms with van der Waals surface area (Å²) in [7, 11) is 0. The molecule has 0 spiro atoms. The van der Waals surface area contributed by atoms with Gasteiger partial charge >= 0.3 is 0 Å². The van der Waals surface area contributed by atoms with Crippen molar-refractivity contribution in [2.45, 2.75) is 39.2 Å². The van der Waals surface area contributed by atoms with E-state index in [0.717, 1.165) is 31.7 Å². The van der Waals surface area contributed by atoms with Crippen LogP contribution in [0.4, 0.5) is 0 Å². The number of hydrogen-bond donors (Lipinski definition) is 1. The quantitative estimate of drug-likeness (QED) is 0.803. The van der Waals surface area contributed by atoms with Gasteiger partial charge in [0.15, 0.2) is 0 Å². The minimum Gasteiger partial charge on any atom is -0.342 e. The van der Waals surface area contributed by atoms with Gasteiger partial charge in [-0.2, -0.15) is 11.8 Å². The Morgan fingerprint density at radius 1 is 1.53 bits per heavy atom. The highest BCUT2D eigenvalue weighted by molar-refractivity contribution is 7.98. The van der Waals surface area contributed by atoms with Crippen molar-refractivity contribution in [3.05, 3.63) is 0 Å². The molecule has 1 rings (SSSR count). The molecule has 0 aromatic heterocycles. The number of halogens is 1. The standard InChI is InChI=1S/C12H24N2OS.ClH/c1-12(2)9-14(7-6-10(12)13)11(15)5-4-8-16-3;/h10H,4-9,13H2,1-3H3;1H. The van der Waals surface area contributed by atoms with Gasteiger partial charge < -0.3 is 10.6 Å². The summed E-state index contributed by atoms with van der Waals surface area (Å²) in [5.41, 5.74) is 6.12. The van der Waals surface area contributed by atoms with E-state index < -0.39 is 0 Å². The van der Waals surface area contributed by atoms with Gasteiger partial charge in [0.25, 0.3) is 0 Å². The predicted octanol–water partition coefficient (Wildman–Crippen LogP) is 2.14. The molecule has 0 aliphatic carbocycles. The molecule has 1 aliphatic rings. The second-order valence-corrected chi connectivity index (χ2v) is 6.28. The Morgan fingerprint density at radius 2 is 2.18 bits per heavy atom. The lowest BCUT2D eigenvalue weighted by atomic mass is 9.79. The van der Waals surface area contributed by atoms with Gasteiger partial charge in [-0.15, -0.1) is 12.4 Å². The number of rotatable bonds is 4. The molecule has 1 saturated heterocycles. The summed E-state index contributed by atoms with van der Waals surface area (Å²) in [6.07, 6.45) is 4.68. The molecule has 1 fully saturated rings. The SMILES string of the molecule is CSCCCC(=O)N1CCC(N)C(C)(C)C1.Cl. The van der Waals surface area contributed by atoms with Gasteiger partial charge in [0.1, 0.15) is 0 Å². The molecule has 1 atom stereocenters. The maximum atomic E-state index is 11.9. The van der Waals surface area contributed by atoms with E-state index in [-0.39, 0.29) is 23.9 Å². The molecular formula is C12H25ClN2OS. The van der Waals surface area contributed by atoms with E-state index in [1.807, 2.05) is 4.90 Å². The Labute approximate surface area is 115 Å². The van der Waals surface area contributed by atoms with Crippen LogP contribution in [-0.4, -0.2) is 41.9 Å². The molecule has 0 bridgehead atoms. The van der Waals surface area contributed by atoms with Crippen LogP contribution >= 0.6 is 24.2 Å². The smallest absolute Gasteiger partial charge is 0.222 e. The zero-order valence-corrected chi connectivity index (χ0v) is 12.7. The number of carbonyl (C=O) groups excluding carboxylic acids is 1. The van der Waals surface area contributed by atoms with Crippen molar-refractivity contribution in [2.75, 3.05) is 25.1 Å². The maximum absolute atomic E-state index is 11.9. The molecule has 0 radical (unpaired) electrons. The van der Waals surface area contributed by atoms with Crippen LogP contribution in [-0.2, 0) is 4.79 Å². The van der Waals surface area contributed by atoms with Crippen molar-refractivity contribution in [1.82, 2.24) is 4.90 Å². The molecule has 0 aromatic carbocycles. The Balaban J connectivity index is 0.00000256. The third-order valence-electron chi connectivity index (χ3n) is 3.40. The number of nitrogens with two attached hydrogens (primary N) is 1. The van der Waals surface area contributed by atoms with Crippen molar-refractivity contribution >= 4 is 30.1 Å². The molecular weight excluding hydrogens is 256 g/mol. The summed E-state index contributed by atoms with van der Waals surface area (Å²) < 4.78 is 0. The van der Waals surface area contributed by atoms with Crippen LogP contribution in [0, 0.1) is 5.41 Å². The number of amides is 1. The molecule has 102 valence electrons. The van der Waals surface area contributed by atoms with Crippen LogP contribution < -0.4 is 5.73 Å².